The molecule has 1 aromatic heterocycles. The van der Waals surface area contributed by atoms with E-state index in [1.807, 2.05) is 0 Å². The highest BCUT2D eigenvalue weighted by atomic mass is 16.6. The SMILES string of the molecule is Cc1ccc(C(=O)CNC(=O)OC(C)(C)C)o1. The van der Waals surface area contributed by atoms with Gasteiger partial charge >= 0.3 is 6.09 Å². The quantitative estimate of drug-likeness (QED) is 0.822. The molecule has 0 bridgehead atoms. The average molecular weight is 239 g/mol. The molecule has 1 heterocycles. The fraction of sp³-hybridized carbons (Fsp3) is 0.500. The minimum atomic E-state index is -0.617. The van der Waals surface area contributed by atoms with E-state index in [9.17, 15) is 9.59 Å². The van der Waals surface area contributed by atoms with Gasteiger partial charge in [-0.1, -0.05) is 0 Å². The van der Waals surface area contributed by atoms with Gasteiger partial charge in [0.2, 0.25) is 5.78 Å². The van der Waals surface area contributed by atoms with E-state index in [4.69, 9.17) is 9.15 Å². The number of hydrogen-bond acceptors (Lipinski definition) is 4. The number of ether oxygens (including phenoxy) is 1. The molecule has 0 spiro atoms. The van der Waals surface area contributed by atoms with Gasteiger partial charge in [-0.3, -0.25) is 4.79 Å². The maximum absolute atomic E-state index is 11.6. The number of furan rings is 1. The van der Waals surface area contributed by atoms with E-state index in [-0.39, 0.29) is 18.1 Å². The molecule has 0 radical (unpaired) electrons. The summed E-state index contributed by atoms with van der Waals surface area (Å²) in [7, 11) is 0. The van der Waals surface area contributed by atoms with Gasteiger partial charge in [0.05, 0.1) is 6.54 Å². The minimum Gasteiger partial charge on any atom is -0.458 e. The molecular weight excluding hydrogens is 222 g/mol. The molecule has 0 saturated carbocycles. The number of carbonyl (C=O) groups is 2. The highest BCUT2D eigenvalue weighted by Gasteiger charge is 2.17. The zero-order valence-corrected chi connectivity index (χ0v) is 10.5. The molecule has 0 aromatic carbocycles. The summed E-state index contributed by atoms with van der Waals surface area (Å²) >= 11 is 0. The lowest BCUT2D eigenvalue weighted by Gasteiger charge is -2.19. The second-order valence-electron chi connectivity index (χ2n) is 4.69. The van der Waals surface area contributed by atoms with Crippen molar-refractivity contribution in [2.24, 2.45) is 0 Å². The molecule has 1 aromatic rings. The van der Waals surface area contributed by atoms with Crippen LogP contribution in [0.5, 0.6) is 0 Å². The summed E-state index contributed by atoms with van der Waals surface area (Å²) < 4.78 is 10.1. The lowest BCUT2D eigenvalue weighted by Crippen LogP contribution is -2.35. The van der Waals surface area contributed by atoms with Gasteiger partial charge < -0.3 is 14.5 Å². The highest BCUT2D eigenvalue weighted by molar-refractivity contribution is 5.96. The Hall–Kier alpha value is -1.78. The number of hydrogen-bond donors (Lipinski definition) is 1. The number of ketones is 1. The van der Waals surface area contributed by atoms with Crippen LogP contribution in [-0.2, 0) is 4.74 Å². The molecule has 5 heteroatoms. The molecular formula is C12H17NO4. The molecule has 0 aliphatic heterocycles. The fourth-order valence-corrected chi connectivity index (χ4v) is 1.14. The van der Waals surface area contributed by atoms with Gasteiger partial charge in [0, 0.05) is 0 Å². The van der Waals surface area contributed by atoms with Crippen LogP contribution in [0.25, 0.3) is 0 Å². The third-order valence-corrected chi connectivity index (χ3v) is 1.81. The molecule has 17 heavy (non-hydrogen) atoms. The Morgan fingerprint density at radius 2 is 2.00 bits per heavy atom. The van der Waals surface area contributed by atoms with Crippen molar-refractivity contribution in [2.75, 3.05) is 6.54 Å². The van der Waals surface area contributed by atoms with Crippen LogP contribution in [0.1, 0.15) is 37.1 Å². The van der Waals surface area contributed by atoms with Gasteiger partial charge in [-0.2, -0.15) is 0 Å². The van der Waals surface area contributed by atoms with Crippen molar-refractivity contribution in [1.29, 1.82) is 0 Å². The molecule has 0 unspecified atom stereocenters. The summed E-state index contributed by atoms with van der Waals surface area (Å²) in [6.45, 7) is 6.87. The van der Waals surface area contributed by atoms with Crippen LogP contribution >= 0.6 is 0 Å². The molecule has 1 N–H and O–H groups in total. The smallest absolute Gasteiger partial charge is 0.408 e. The zero-order valence-electron chi connectivity index (χ0n) is 10.5. The van der Waals surface area contributed by atoms with Crippen molar-refractivity contribution in [3.8, 4) is 0 Å². The van der Waals surface area contributed by atoms with Crippen LogP contribution in [0.4, 0.5) is 4.79 Å². The van der Waals surface area contributed by atoms with Crippen LogP contribution < -0.4 is 5.32 Å². The summed E-state index contributed by atoms with van der Waals surface area (Å²) in [5, 5.41) is 2.38. The van der Waals surface area contributed by atoms with E-state index < -0.39 is 11.7 Å². The predicted octanol–water partition coefficient (Wildman–Crippen LogP) is 2.30. The van der Waals surface area contributed by atoms with Crippen LogP contribution in [0.3, 0.4) is 0 Å². The number of aryl methyl sites for hydroxylation is 1. The number of amides is 1. The van der Waals surface area contributed by atoms with Crippen molar-refractivity contribution in [3.05, 3.63) is 23.7 Å². The monoisotopic (exact) mass is 239 g/mol. The summed E-state index contributed by atoms with van der Waals surface area (Å²) in [5.41, 5.74) is -0.575. The van der Waals surface area contributed by atoms with E-state index in [1.165, 1.54) is 0 Å². The van der Waals surface area contributed by atoms with Crippen LogP contribution in [0, 0.1) is 6.92 Å². The minimum absolute atomic E-state index is 0.137. The summed E-state index contributed by atoms with van der Waals surface area (Å²) in [6, 6.07) is 3.27. The largest absolute Gasteiger partial charge is 0.458 e. The highest BCUT2D eigenvalue weighted by Crippen LogP contribution is 2.08. The van der Waals surface area contributed by atoms with Crippen molar-refractivity contribution >= 4 is 11.9 Å². The van der Waals surface area contributed by atoms with Gasteiger partial charge in [0.15, 0.2) is 5.76 Å². The number of nitrogens with one attached hydrogen (secondary N) is 1. The number of carbonyl (C=O) groups excluding carboxylic acids is 2. The first kappa shape index (κ1) is 13.3. The summed E-state index contributed by atoms with van der Waals surface area (Å²) in [6.07, 6.45) is -0.617. The van der Waals surface area contributed by atoms with Crippen LogP contribution in [0.2, 0.25) is 0 Å². The Balaban J connectivity index is 2.41. The Morgan fingerprint density at radius 1 is 1.35 bits per heavy atom. The van der Waals surface area contributed by atoms with Gasteiger partial charge in [-0.05, 0) is 39.8 Å². The first-order valence-electron chi connectivity index (χ1n) is 5.34. The second kappa shape index (κ2) is 5.03. The molecule has 0 aliphatic rings. The molecule has 0 saturated heterocycles. The molecule has 0 aliphatic carbocycles. The van der Waals surface area contributed by atoms with E-state index in [2.05, 4.69) is 5.32 Å². The third kappa shape index (κ3) is 4.72. The lowest BCUT2D eigenvalue weighted by molar-refractivity contribution is 0.0519. The summed E-state index contributed by atoms with van der Waals surface area (Å²) in [5.74, 6) is 0.605. The Morgan fingerprint density at radius 3 is 2.47 bits per heavy atom. The third-order valence-electron chi connectivity index (χ3n) is 1.81. The van der Waals surface area contributed by atoms with Crippen molar-refractivity contribution in [1.82, 2.24) is 5.32 Å². The molecule has 1 amide bonds. The van der Waals surface area contributed by atoms with E-state index in [0.29, 0.717) is 5.76 Å². The zero-order chi connectivity index (χ0) is 13.1. The Kier molecular flexibility index (Phi) is 3.93. The molecule has 0 fully saturated rings. The van der Waals surface area contributed by atoms with Crippen molar-refractivity contribution in [3.63, 3.8) is 0 Å². The summed E-state index contributed by atoms with van der Waals surface area (Å²) in [4.78, 5) is 22.8. The van der Waals surface area contributed by atoms with Crippen LogP contribution in [0.15, 0.2) is 16.5 Å². The number of Topliss-reactive ketones (excluding diaryl/α,β-unsaturated/α-hetero) is 1. The van der Waals surface area contributed by atoms with Gasteiger partial charge in [-0.15, -0.1) is 0 Å². The fourth-order valence-electron chi connectivity index (χ4n) is 1.14. The number of rotatable bonds is 3. The van der Waals surface area contributed by atoms with E-state index in [0.717, 1.165) is 0 Å². The first-order valence-corrected chi connectivity index (χ1v) is 5.34. The molecule has 5 nitrogen and oxygen atoms in total. The molecule has 94 valence electrons. The average Bonchev–Trinajstić information content (AvgIpc) is 2.58. The van der Waals surface area contributed by atoms with Crippen molar-refractivity contribution < 1.29 is 18.7 Å². The van der Waals surface area contributed by atoms with Crippen LogP contribution in [-0.4, -0.2) is 24.0 Å². The van der Waals surface area contributed by atoms with Gasteiger partial charge in [0.1, 0.15) is 11.4 Å². The normalized spacial score (nSPS) is 11.1. The van der Waals surface area contributed by atoms with Crippen molar-refractivity contribution in [2.45, 2.75) is 33.3 Å². The lowest BCUT2D eigenvalue weighted by atomic mass is 10.2. The van der Waals surface area contributed by atoms with E-state index >= 15 is 0 Å². The Bertz CT molecular complexity index is 414. The number of alkyl carbamates (subject to hydrolysis) is 1. The first-order chi connectivity index (χ1) is 7.78. The predicted molar refractivity (Wildman–Crippen MR) is 62.0 cm³/mol. The maximum Gasteiger partial charge on any atom is 0.408 e. The maximum atomic E-state index is 11.6. The topological polar surface area (TPSA) is 68.5 Å². The molecule has 1 rings (SSSR count). The van der Waals surface area contributed by atoms with Gasteiger partial charge in [-0.25, -0.2) is 4.79 Å². The van der Waals surface area contributed by atoms with Gasteiger partial charge in [0.25, 0.3) is 0 Å². The Labute approximate surface area is 100 Å². The molecule has 0 atom stereocenters. The standard InChI is InChI=1S/C12H17NO4/c1-8-5-6-10(16-8)9(14)7-13-11(15)17-12(2,3)4/h5-6H,7H2,1-4H3,(H,13,15). The van der Waals surface area contributed by atoms with E-state index in [1.54, 1.807) is 39.8 Å². The second-order valence-corrected chi connectivity index (χ2v) is 4.69.